The fraction of sp³-hybridized carbons (Fsp3) is 1.00. The first-order valence-electron chi connectivity index (χ1n) is 3.97. The lowest BCUT2D eigenvalue weighted by Gasteiger charge is -2.14. The average Bonchev–Trinajstić information content (AvgIpc) is 2.00. The van der Waals surface area contributed by atoms with Crippen LogP contribution in [0, 0.1) is 0 Å². The smallest absolute Gasteiger partial charge is 0.213 e. The summed E-state index contributed by atoms with van der Waals surface area (Å²) in [5.74, 6) is 0. The Labute approximate surface area is 75.0 Å². The van der Waals surface area contributed by atoms with Gasteiger partial charge in [-0.25, -0.2) is 13.1 Å². The van der Waals surface area contributed by atoms with Gasteiger partial charge in [0.1, 0.15) is 0 Å². The Morgan fingerprint density at radius 1 is 1.42 bits per heavy atom. The first-order valence-corrected chi connectivity index (χ1v) is 5.52. The molecule has 0 fully saturated rings. The van der Waals surface area contributed by atoms with Gasteiger partial charge >= 0.3 is 0 Å². The van der Waals surface area contributed by atoms with E-state index in [1.165, 1.54) is 7.05 Å². The highest BCUT2D eigenvalue weighted by atomic mass is 32.2. The van der Waals surface area contributed by atoms with Gasteiger partial charge in [-0.05, 0) is 41.0 Å². The van der Waals surface area contributed by atoms with Gasteiger partial charge in [-0.15, -0.1) is 0 Å². The first-order chi connectivity index (χ1) is 5.40. The summed E-state index contributed by atoms with van der Waals surface area (Å²) in [6, 6.07) is 0. The molecule has 1 N–H and O–H groups in total. The van der Waals surface area contributed by atoms with Crippen molar-refractivity contribution in [3.8, 4) is 0 Å². The minimum atomic E-state index is -3.07. The molecule has 0 saturated carbocycles. The van der Waals surface area contributed by atoms with Crippen molar-refractivity contribution in [2.75, 3.05) is 27.7 Å². The van der Waals surface area contributed by atoms with Crippen LogP contribution in [-0.2, 0) is 10.0 Å². The van der Waals surface area contributed by atoms with Gasteiger partial charge in [0, 0.05) is 0 Å². The van der Waals surface area contributed by atoms with E-state index >= 15 is 0 Å². The Bertz CT molecular complexity index is 211. The molecule has 0 aromatic rings. The van der Waals surface area contributed by atoms with Crippen molar-refractivity contribution < 1.29 is 8.42 Å². The van der Waals surface area contributed by atoms with Gasteiger partial charge < -0.3 is 4.90 Å². The van der Waals surface area contributed by atoms with Gasteiger partial charge in [0.15, 0.2) is 0 Å². The lowest BCUT2D eigenvalue weighted by Crippen LogP contribution is -2.31. The third-order valence-corrected chi connectivity index (χ3v) is 3.66. The fourth-order valence-electron chi connectivity index (χ4n) is 0.796. The molecule has 0 heterocycles. The quantitative estimate of drug-likeness (QED) is 0.663. The molecular weight excluding hydrogens is 176 g/mol. The van der Waals surface area contributed by atoms with E-state index in [9.17, 15) is 8.42 Å². The van der Waals surface area contributed by atoms with E-state index in [0.29, 0.717) is 6.42 Å². The fourth-order valence-corrected chi connectivity index (χ4v) is 1.61. The summed E-state index contributed by atoms with van der Waals surface area (Å²) in [4.78, 5) is 1.97. The molecule has 0 aliphatic heterocycles. The molecule has 0 aromatic carbocycles. The van der Waals surface area contributed by atoms with Crippen molar-refractivity contribution in [3.05, 3.63) is 0 Å². The Kier molecular flexibility index (Phi) is 4.74. The zero-order valence-electron chi connectivity index (χ0n) is 8.16. The predicted molar refractivity (Wildman–Crippen MR) is 50.6 cm³/mol. The maximum Gasteiger partial charge on any atom is 0.213 e. The number of hydrogen-bond donors (Lipinski definition) is 1. The number of hydrogen-bond acceptors (Lipinski definition) is 3. The molecule has 4 nitrogen and oxygen atoms in total. The minimum Gasteiger partial charge on any atom is -0.309 e. The highest BCUT2D eigenvalue weighted by molar-refractivity contribution is 7.90. The summed E-state index contributed by atoms with van der Waals surface area (Å²) in [5, 5.41) is -0.315. The van der Waals surface area contributed by atoms with Crippen LogP contribution in [0.25, 0.3) is 0 Å². The molecule has 0 aliphatic carbocycles. The predicted octanol–water partition coefficient (Wildman–Crippen LogP) is -0.124. The molecule has 0 amide bonds. The van der Waals surface area contributed by atoms with Gasteiger partial charge in [-0.2, -0.15) is 0 Å². The zero-order valence-corrected chi connectivity index (χ0v) is 8.98. The van der Waals surface area contributed by atoms with Crippen LogP contribution in [0.1, 0.15) is 13.3 Å². The number of nitrogens with one attached hydrogen (secondary N) is 1. The SMILES string of the molecule is CNS(=O)(=O)C(C)CCN(C)C. The van der Waals surface area contributed by atoms with Crippen LogP contribution in [-0.4, -0.2) is 46.3 Å². The van der Waals surface area contributed by atoms with Crippen molar-refractivity contribution in [2.45, 2.75) is 18.6 Å². The van der Waals surface area contributed by atoms with E-state index in [1.54, 1.807) is 6.92 Å². The van der Waals surface area contributed by atoms with Gasteiger partial charge in [-0.3, -0.25) is 0 Å². The standard InChI is InChI=1S/C7H18N2O2S/c1-7(5-6-9(3)4)12(10,11)8-2/h7-8H,5-6H2,1-4H3. The van der Waals surface area contributed by atoms with E-state index in [0.717, 1.165) is 6.54 Å². The van der Waals surface area contributed by atoms with Gasteiger partial charge in [0.25, 0.3) is 0 Å². The van der Waals surface area contributed by atoms with Crippen LogP contribution >= 0.6 is 0 Å². The third kappa shape index (κ3) is 4.04. The van der Waals surface area contributed by atoms with Gasteiger partial charge in [-0.1, -0.05) is 0 Å². The van der Waals surface area contributed by atoms with E-state index in [1.807, 2.05) is 19.0 Å². The molecule has 1 atom stereocenters. The second kappa shape index (κ2) is 4.79. The topological polar surface area (TPSA) is 49.4 Å². The van der Waals surface area contributed by atoms with E-state index in [2.05, 4.69) is 4.72 Å². The molecule has 74 valence electrons. The average molecular weight is 194 g/mol. The first kappa shape index (κ1) is 11.9. The van der Waals surface area contributed by atoms with Crippen LogP contribution < -0.4 is 4.72 Å². The van der Waals surface area contributed by atoms with E-state index in [4.69, 9.17) is 0 Å². The summed E-state index contributed by atoms with van der Waals surface area (Å²) in [5.41, 5.74) is 0. The molecule has 0 saturated heterocycles. The molecule has 5 heteroatoms. The lowest BCUT2D eigenvalue weighted by atomic mass is 10.3. The number of sulfonamides is 1. The van der Waals surface area contributed by atoms with Crippen LogP contribution in [0.4, 0.5) is 0 Å². The summed E-state index contributed by atoms with van der Waals surface area (Å²) in [7, 11) is 2.23. The zero-order chi connectivity index (χ0) is 9.78. The Hall–Kier alpha value is -0.130. The normalized spacial score (nSPS) is 15.1. The highest BCUT2D eigenvalue weighted by Crippen LogP contribution is 2.02. The molecule has 12 heavy (non-hydrogen) atoms. The maximum absolute atomic E-state index is 11.2. The van der Waals surface area contributed by atoms with Crippen molar-refractivity contribution >= 4 is 10.0 Å². The Morgan fingerprint density at radius 2 is 1.92 bits per heavy atom. The van der Waals surface area contributed by atoms with Crippen LogP contribution in [0.5, 0.6) is 0 Å². The maximum atomic E-state index is 11.2. The summed E-state index contributed by atoms with van der Waals surface area (Å²) in [6.45, 7) is 2.51. The number of rotatable bonds is 5. The molecule has 1 unspecified atom stereocenters. The van der Waals surface area contributed by atoms with Gasteiger partial charge in [0.05, 0.1) is 5.25 Å². The van der Waals surface area contributed by atoms with Crippen LogP contribution in [0.3, 0.4) is 0 Å². The molecule has 0 radical (unpaired) electrons. The largest absolute Gasteiger partial charge is 0.309 e. The molecule has 0 aromatic heterocycles. The lowest BCUT2D eigenvalue weighted by molar-refractivity contribution is 0.396. The van der Waals surface area contributed by atoms with Crippen molar-refractivity contribution in [1.29, 1.82) is 0 Å². The third-order valence-electron chi connectivity index (χ3n) is 1.80. The van der Waals surface area contributed by atoms with Crippen LogP contribution in [0.15, 0.2) is 0 Å². The minimum absolute atomic E-state index is 0.315. The summed E-state index contributed by atoms with van der Waals surface area (Å²) in [6.07, 6.45) is 0.663. The highest BCUT2D eigenvalue weighted by Gasteiger charge is 2.17. The van der Waals surface area contributed by atoms with E-state index in [-0.39, 0.29) is 5.25 Å². The van der Waals surface area contributed by atoms with Crippen LogP contribution in [0.2, 0.25) is 0 Å². The summed E-state index contributed by atoms with van der Waals surface area (Å²) < 4.78 is 24.7. The molecule has 0 rings (SSSR count). The van der Waals surface area contributed by atoms with Crippen molar-refractivity contribution in [1.82, 2.24) is 9.62 Å². The second-order valence-electron chi connectivity index (χ2n) is 3.15. The monoisotopic (exact) mass is 194 g/mol. The molecule has 0 spiro atoms. The van der Waals surface area contributed by atoms with Gasteiger partial charge in [0.2, 0.25) is 10.0 Å². The van der Waals surface area contributed by atoms with E-state index < -0.39 is 10.0 Å². The Morgan fingerprint density at radius 3 is 2.25 bits per heavy atom. The Balaban J connectivity index is 3.96. The molecular formula is C7H18N2O2S. The van der Waals surface area contributed by atoms with Crippen molar-refractivity contribution in [2.24, 2.45) is 0 Å². The summed E-state index contributed by atoms with van der Waals surface area (Å²) >= 11 is 0. The molecule has 0 aliphatic rings. The van der Waals surface area contributed by atoms with Crippen molar-refractivity contribution in [3.63, 3.8) is 0 Å². The molecule has 0 bridgehead atoms. The second-order valence-corrected chi connectivity index (χ2v) is 5.45. The number of nitrogens with zero attached hydrogens (tertiary/aromatic N) is 1.